The Labute approximate surface area is 121 Å². The lowest BCUT2D eigenvalue weighted by Crippen LogP contribution is -2.12. The lowest BCUT2D eigenvalue weighted by Gasteiger charge is -2.18. The van der Waals surface area contributed by atoms with Gasteiger partial charge in [-0.05, 0) is 54.6 Å². The fraction of sp³-hybridized carbons (Fsp3) is 0.368. The van der Waals surface area contributed by atoms with E-state index in [1.807, 2.05) is 18.2 Å². The minimum absolute atomic E-state index is 0.349. The molecule has 0 heterocycles. The molecule has 1 aromatic rings. The number of aromatic hydroxyl groups is 1. The highest BCUT2D eigenvalue weighted by Crippen LogP contribution is 2.52. The third-order valence-electron chi connectivity index (χ3n) is 4.81. The average molecular weight is 266 g/mol. The molecule has 1 nitrogen and oxygen atoms in total. The number of hydrogen-bond donors (Lipinski definition) is 1. The molecule has 0 radical (unpaired) electrons. The molecule has 4 atom stereocenters. The zero-order valence-corrected chi connectivity index (χ0v) is 11.8. The van der Waals surface area contributed by atoms with E-state index >= 15 is 0 Å². The Morgan fingerprint density at radius 1 is 1.15 bits per heavy atom. The van der Waals surface area contributed by atoms with Gasteiger partial charge >= 0.3 is 0 Å². The first-order valence-corrected chi connectivity index (χ1v) is 7.52. The van der Waals surface area contributed by atoms with E-state index in [2.05, 4.69) is 30.9 Å². The first kappa shape index (κ1) is 13.2. The van der Waals surface area contributed by atoms with E-state index in [4.69, 9.17) is 0 Å². The lowest BCUT2D eigenvalue weighted by atomic mass is 9.86. The first-order chi connectivity index (χ1) is 9.79. The molecule has 1 heteroatoms. The fourth-order valence-electron chi connectivity index (χ4n) is 3.81. The van der Waals surface area contributed by atoms with Crippen LogP contribution in [0.25, 0.3) is 0 Å². The summed E-state index contributed by atoms with van der Waals surface area (Å²) in [5.41, 5.74) is 0.928. The van der Waals surface area contributed by atoms with E-state index < -0.39 is 0 Å². The number of allylic oxidation sites excluding steroid dienone is 5. The van der Waals surface area contributed by atoms with Gasteiger partial charge in [0.15, 0.2) is 0 Å². The zero-order chi connectivity index (χ0) is 13.9. The summed E-state index contributed by atoms with van der Waals surface area (Å²) >= 11 is 0. The van der Waals surface area contributed by atoms with Crippen LogP contribution in [-0.2, 0) is 6.42 Å². The molecule has 2 bridgehead atoms. The van der Waals surface area contributed by atoms with Crippen LogP contribution in [0.3, 0.4) is 0 Å². The number of hydrogen-bond acceptors (Lipinski definition) is 1. The third kappa shape index (κ3) is 2.45. The van der Waals surface area contributed by atoms with Crippen LogP contribution in [0, 0.1) is 23.7 Å². The predicted octanol–water partition coefficient (Wildman–Crippen LogP) is 4.51. The Balaban J connectivity index is 0.000000121. The van der Waals surface area contributed by atoms with Gasteiger partial charge in [-0.3, -0.25) is 0 Å². The molecule has 104 valence electrons. The Hall–Kier alpha value is -1.76. The first-order valence-electron chi connectivity index (χ1n) is 7.52. The Morgan fingerprint density at radius 2 is 1.95 bits per heavy atom. The second-order valence-electron chi connectivity index (χ2n) is 5.97. The van der Waals surface area contributed by atoms with E-state index in [9.17, 15) is 5.11 Å². The second-order valence-corrected chi connectivity index (χ2v) is 5.97. The minimum atomic E-state index is 0.349. The van der Waals surface area contributed by atoms with Crippen molar-refractivity contribution < 1.29 is 5.11 Å². The van der Waals surface area contributed by atoms with Gasteiger partial charge in [-0.1, -0.05) is 48.6 Å². The van der Waals surface area contributed by atoms with E-state index in [1.165, 1.54) is 12.8 Å². The Morgan fingerprint density at radius 3 is 2.70 bits per heavy atom. The maximum Gasteiger partial charge on any atom is 0.119 e. The van der Waals surface area contributed by atoms with Crippen LogP contribution >= 0.6 is 0 Å². The van der Waals surface area contributed by atoms with Crippen molar-refractivity contribution in [3.05, 3.63) is 66.8 Å². The van der Waals surface area contributed by atoms with Crippen LogP contribution in [0.2, 0.25) is 0 Å². The van der Waals surface area contributed by atoms with Crippen molar-refractivity contribution in [2.75, 3.05) is 0 Å². The topological polar surface area (TPSA) is 20.2 Å². The standard InChI is InChI=1S/C10H12.C9H10O/c1-2-9-7-4-5-8(6-7)10(9)3-1;1-2-5-8-6-3-4-7-9(8)10/h1-2,4-5,7-10H,3,6H2;2-4,6-7,10H,1,5H2. The van der Waals surface area contributed by atoms with Gasteiger partial charge in [-0.2, -0.15) is 0 Å². The van der Waals surface area contributed by atoms with Crippen molar-refractivity contribution in [3.8, 4) is 5.75 Å². The van der Waals surface area contributed by atoms with Gasteiger partial charge in [0.2, 0.25) is 0 Å². The molecule has 20 heavy (non-hydrogen) atoms. The van der Waals surface area contributed by atoms with Crippen LogP contribution in [0.1, 0.15) is 18.4 Å². The monoisotopic (exact) mass is 266 g/mol. The van der Waals surface area contributed by atoms with Crippen LogP contribution in [0.4, 0.5) is 0 Å². The number of benzene rings is 1. The van der Waals surface area contributed by atoms with Gasteiger partial charge in [-0.25, -0.2) is 0 Å². The highest BCUT2D eigenvalue weighted by Gasteiger charge is 2.44. The highest BCUT2D eigenvalue weighted by molar-refractivity contribution is 5.32. The summed E-state index contributed by atoms with van der Waals surface area (Å²) in [6, 6.07) is 7.27. The van der Waals surface area contributed by atoms with Crippen LogP contribution in [0.5, 0.6) is 5.75 Å². The van der Waals surface area contributed by atoms with Crippen molar-refractivity contribution in [2.24, 2.45) is 23.7 Å². The van der Waals surface area contributed by atoms with Crippen LogP contribution in [-0.4, -0.2) is 5.11 Å². The summed E-state index contributed by atoms with van der Waals surface area (Å²) in [4.78, 5) is 0. The normalized spacial score (nSPS) is 31.8. The van der Waals surface area contributed by atoms with Crippen LogP contribution in [0.15, 0.2) is 61.2 Å². The van der Waals surface area contributed by atoms with Crippen molar-refractivity contribution >= 4 is 0 Å². The molecule has 3 aliphatic rings. The number of fused-ring (bicyclic) bond motifs is 5. The van der Waals surface area contributed by atoms with Gasteiger partial charge in [-0.15, -0.1) is 6.58 Å². The second kappa shape index (κ2) is 5.70. The number of rotatable bonds is 2. The average Bonchev–Trinajstić information content (AvgIpc) is 3.16. The maximum absolute atomic E-state index is 9.19. The highest BCUT2D eigenvalue weighted by atomic mass is 16.3. The quantitative estimate of drug-likeness (QED) is 0.781. The molecule has 4 unspecified atom stereocenters. The zero-order valence-electron chi connectivity index (χ0n) is 11.8. The SMILES string of the molecule is C1=CC2C3C=CC(C3)C2C1.C=CCc1ccccc1O. The molecule has 1 fully saturated rings. The van der Waals surface area contributed by atoms with Gasteiger partial charge in [0.1, 0.15) is 5.75 Å². The summed E-state index contributed by atoms with van der Waals surface area (Å²) in [7, 11) is 0. The third-order valence-corrected chi connectivity index (χ3v) is 4.81. The summed E-state index contributed by atoms with van der Waals surface area (Å²) in [5.74, 6) is 4.17. The van der Waals surface area contributed by atoms with Gasteiger partial charge in [0.05, 0.1) is 0 Å². The molecule has 1 N–H and O–H groups in total. The lowest BCUT2D eigenvalue weighted by molar-refractivity contribution is 0.398. The van der Waals surface area contributed by atoms with Crippen LogP contribution < -0.4 is 0 Å². The fourth-order valence-corrected chi connectivity index (χ4v) is 3.81. The smallest absolute Gasteiger partial charge is 0.119 e. The van der Waals surface area contributed by atoms with Crippen molar-refractivity contribution in [3.63, 3.8) is 0 Å². The molecule has 1 saturated carbocycles. The molecular formula is C19H22O. The van der Waals surface area contributed by atoms with E-state index in [0.29, 0.717) is 5.75 Å². The van der Waals surface area contributed by atoms with Crippen molar-refractivity contribution in [2.45, 2.75) is 19.3 Å². The number of para-hydroxylation sites is 1. The molecule has 3 aliphatic carbocycles. The molecule has 4 rings (SSSR count). The maximum atomic E-state index is 9.19. The Bertz CT molecular complexity index is 540. The largest absolute Gasteiger partial charge is 0.508 e. The summed E-state index contributed by atoms with van der Waals surface area (Å²) in [6.07, 6.45) is 15.0. The van der Waals surface area contributed by atoms with Crippen molar-refractivity contribution in [1.29, 1.82) is 0 Å². The van der Waals surface area contributed by atoms with E-state index in [1.54, 1.807) is 12.1 Å². The minimum Gasteiger partial charge on any atom is -0.508 e. The van der Waals surface area contributed by atoms with Crippen molar-refractivity contribution in [1.82, 2.24) is 0 Å². The van der Waals surface area contributed by atoms with E-state index in [0.717, 1.165) is 35.7 Å². The molecule has 0 spiro atoms. The Kier molecular flexibility index (Phi) is 3.77. The molecule has 0 saturated heterocycles. The molecule has 0 aromatic heterocycles. The van der Waals surface area contributed by atoms with Gasteiger partial charge in [0.25, 0.3) is 0 Å². The van der Waals surface area contributed by atoms with Gasteiger partial charge < -0.3 is 5.11 Å². The number of phenolic OH excluding ortho intramolecular Hbond substituents is 1. The van der Waals surface area contributed by atoms with E-state index in [-0.39, 0.29) is 0 Å². The summed E-state index contributed by atoms with van der Waals surface area (Å²) in [6.45, 7) is 3.59. The summed E-state index contributed by atoms with van der Waals surface area (Å²) < 4.78 is 0. The summed E-state index contributed by atoms with van der Waals surface area (Å²) in [5, 5.41) is 9.19. The molecule has 1 aromatic carbocycles. The number of phenols is 1. The molecular weight excluding hydrogens is 244 g/mol. The molecule has 0 amide bonds. The van der Waals surface area contributed by atoms with Gasteiger partial charge in [0, 0.05) is 0 Å². The molecule has 0 aliphatic heterocycles. The predicted molar refractivity (Wildman–Crippen MR) is 83.5 cm³/mol.